The molecule has 0 aromatic rings. The van der Waals surface area contributed by atoms with Gasteiger partial charge in [-0.05, 0) is 83.5 Å². The average molecular weight is 1210 g/mol. The first-order chi connectivity index (χ1) is 42.2. The summed E-state index contributed by atoms with van der Waals surface area (Å²) in [5.41, 5.74) is 0. The van der Waals surface area contributed by atoms with Gasteiger partial charge in [0.15, 0.2) is 6.29 Å². The number of allylic oxidation sites excluding steroid dienone is 7. The Morgan fingerprint density at radius 2 is 0.756 bits per heavy atom. The number of nitrogens with one attached hydrogen (secondary N) is 1. The minimum atomic E-state index is -1.58. The van der Waals surface area contributed by atoms with Gasteiger partial charge in [0, 0.05) is 12.8 Å². The largest absolute Gasteiger partial charge is 0.466 e. The second-order valence-electron chi connectivity index (χ2n) is 25.6. The van der Waals surface area contributed by atoms with Gasteiger partial charge in [-0.2, -0.15) is 0 Å². The number of aliphatic hydroxyl groups excluding tert-OH is 5. The first-order valence-electron chi connectivity index (χ1n) is 36.9. The molecule has 86 heavy (non-hydrogen) atoms. The van der Waals surface area contributed by atoms with E-state index < -0.39 is 49.5 Å². The minimum absolute atomic E-state index is 0.0109. The lowest BCUT2D eigenvalue weighted by atomic mass is 9.99. The van der Waals surface area contributed by atoms with Crippen LogP contribution in [0, 0.1) is 0 Å². The van der Waals surface area contributed by atoms with Crippen molar-refractivity contribution in [1.82, 2.24) is 5.32 Å². The molecule has 0 aromatic heterocycles. The number of unbranched alkanes of at least 4 members (excludes halogenated alkanes) is 45. The van der Waals surface area contributed by atoms with Crippen LogP contribution < -0.4 is 5.32 Å². The molecule has 7 atom stereocenters. The summed E-state index contributed by atoms with van der Waals surface area (Å²) in [5.74, 6) is -0.181. The van der Waals surface area contributed by atoms with Crippen LogP contribution in [0.1, 0.15) is 354 Å². The van der Waals surface area contributed by atoms with Crippen LogP contribution in [-0.2, 0) is 23.8 Å². The minimum Gasteiger partial charge on any atom is -0.466 e. The van der Waals surface area contributed by atoms with E-state index in [1.165, 1.54) is 263 Å². The Kier molecular flexibility index (Phi) is 60.9. The summed E-state index contributed by atoms with van der Waals surface area (Å²) < 4.78 is 16.7. The van der Waals surface area contributed by atoms with Crippen LogP contribution in [0.5, 0.6) is 0 Å². The molecular weight excluding hydrogens is 1070 g/mol. The second-order valence-corrected chi connectivity index (χ2v) is 25.6. The summed E-state index contributed by atoms with van der Waals surface area (Å²) in [6.07, 6.45) is 74.0. The highest BCUT2D eigenvalue weighted by Crippen LogP contribution is 2.23. The Morgan fingerprint density at radius 3 is 1.16 bits per heavy atom. The van der Waals surface area contributed by atoms with E-state index in [9.17, 15) is 35.1 Å². The van der Waals surface area contributed by atoms with E-state index in [1.807, 2.05) is 6.08 Å². The van der Waals surface area contributed by atoms with Crippen molar-refractivity contribution >= 4 is 11.9 Å². The van der Waals surface area contributed by atoms with Crippen molar-refractivity contribution in [2.75, 3.05) is 19.8 Å². The molecule has 0 radical (unpaired) electrons. The van der Waals surface area contributed by atoms with Crippen LogP contribution in [0.15, 0.2) is 48.6 Å². The van der Waals surface area contributed by atoms with Gasteiger partial charge in [-0.25, -0.2) is 0 Å². The van der Waals surface area contributed by atoms with Crippen molar-refractivity contribution in [3.63, 3.8) is 0 Å². The molecular formula is C75H139NO10. The first-order valence-corrected chi connectivity index (χ1v) is 36.9. The third kappa shape index (κ3) is 52.4. The second kappa shape index (κ2) is 64.2. The van der Waals surface area contributed by atoms with Gasteiger partial charge in [0.1, 0.15) is 24.4 Å². The molecule has 6 N–H and O–H groups in total. The molecule has 1 amide bonds. The Hall–Kier alpha value is -2.38. The van der Waals surface area contributed by atoms with E-state index in [0.717, 1.165) is 64.2 Å². The number of amides is 1. The Labute approximate surface area is 529 Å². The Balaban J connectivity index is 1.96. The summed E-state index contributed by atoms with van der Waals surface area (Å²) >= 11 is 0. The number of carbonyl (C=O) groups excluding carboxylic acids is 2. The first kappa shape index (κ1) is 81.6. The van der Waals surface area contributed by atoms with Crippen LogP contribution in [0.25, 0.3) is 0 Å². The Morgan fingerprint density at radius 1 is 0.419 bits per heavy atom. The number of aliphatic hydroxyl groups is 5. The van der Waals surface area contributed by atoms with Crippen molar-refractivity contribution in [2.45, 2.75) is 397 Å². The van der Waals surface area contributed by atoms with E-state index in [2.05, 4.69) is 55.6 Å². The highest BCUT2D eigenvalue weighted by atomic mass is 16.7. The van der Waals surface area contributed by atoms with Gasteiger partial charge in [-0.15, -0.1) is 0 Å². The molecule has 0 saturated carbocycles. The summed E-state index contributed by atoms with van der Waals surface area (Å²) in [4.78, 5) is 25.1. The third-order valence-electron chi connectivity index (χ3n) is 17.4. The van der Waals surface area contributed by atoms with Crippen molar-refractivity contribution in [2.24, 2.45) is 0 Å². The van der Waals surface area contributed by atoms with Crippen LogP contribution in [0.2, 0.25) is 0 Å². The molecule has 0 aliphatic carbocycles. The van der Waals surface area contributed by atoms with E-state index in [-0.39, 0.29) is 18.5 Å². The van der Waals surface area contributed by atoms with Gasteiger partial charge in [-0.3, -0.25) is 9.59 Å². The maximum Gasteiger partial charge on any atom is 0.305 e. The van der Waals surface area contributed by atoms with Gasteiger partial charge in [0.2, 0.25) is 5.91 Å². The number of carbonyl (C=O) groups is 2. The molecule has 0 bridgehead atoms. The molecule has 1 aliphatic heterocycles. The van der Waals surface area contributed by atoms with Crippen molar-refractivity contribution < 1.29 is 49.3 Å². The summed E-state index contributed by atoms with van der Waals surface area (Å²) in [7, 11) is 0. The standard InChI is InChI=1S/C75H139NO10/c1-3-5-7-9-11-13-15-16-38-42-45-49-53-57-61-68(78)67(66-85-75-74(83)73(82)72(81)69(65-77)86-75)76-70(79)62-58-54-50-46-43-39-36-34-32-30-28-26-24-22-20-18-17-19-21-23-25-27-29-31-33-35-37-40-44-48-52-56-60-64-84-71(80)63-59-55-51-47-41-14-12-10-8-6-4-2/h13,15,21,23,42,45,57,61,67-69,72-75,77-78,81-83H,3-12,14,16-20,22,24-41,43-44,46-56,58-60,62-66H2,1-2H3,(H,76,79)/b15-13+,23-21-,45-42+,61-57+. The lowest BCUT2D eigenvalue weighted by Crippen LogP contribution is -2.60. The quantitative estimate of drug-likeness (QED) is 0.0195. The number of hydrogen-bond acceptors (Lipinski definition) is 10. The fourth-order valence-electron chi connectivity index (χ4n) is 11.6. The molecule has 7 unspecified atom stereocenters. The smallest absolute Gasteiger partial charge is 0.305 e. The normalized spacial score (nSPS) is 18.2. The molecule has 11 heteroatoms. The third-order valence-corrected chi connectivity index (χ3v) is 17.4. The maximum absolute atomic E-state index is 13.1. The zero-order chi connectivity index (χ0) is 62.3. The highest BCUT2D eigenvalue weighted by molar-refractivity contribution is 5.76. The molecule has 1 fully saturated rings. The zero-order valence-corrected chi connectivity index (χ0v) is 56.0. The lowest BCUT2D eigenvalue weighted by Gasteiger charge is -2.40. The van der Waals surface area contributed by atoms with E-state index in [1.54, 1.807) is 6.08 Å². The van der Waals surface area contributed by atoms with E-state index >= 15 is 0 Å². The average Bonchev–Trinajstić information content (AvgIpc) is 3.06. The topological polar surface area (TPSA) is 175 Å². The van der Waals surface area contributed by atoms with Gasteiger partial charge in [0.25, 0.3) is 0 Å². The molecule has 1 aliphatic rings. The van der Waals surface area contributed by atoms with Gasteiger partial charge in [0.05, 0.1) is 32.0 Å². The predicted octanol–water partition coefficient (Wildman–Crippen LogP) is 19.1. The van der Waals surface area contributed by atoms with Crippen molar-refractivity contribution in [1.29, 1.82) is 0 Å². The number of ether oxygens (including phenoxy) is 3. The van der Waals surface area contributed by atoms with Crippen LogP contribution >= 0.6 is 0 Å². The Bertz CT molecular complexity index is 1570. The van der Waals surface area contributed by atoms with Crippen molar-refractivity contribution in [3.8, 4) is 0 Å². The lowest BCUT2D eigenvalue weighted by molar-refractivity contribution is -0.302. The molecule has 11 nitrogen and oxygen atoms in total. The number of rotatable bonds is 65. The summed E-state index contributed by atoms with van der Waals surface area (Å²) in [5, 5.41) is 54.5. The fraction of sp³-hybridized carbons (Fsp3) is 0.867. The van der Waals surface area contributed by atoms with Crippen LogP contribution in [-0.4, -0.2) is 100 Å². The molecule has 1 rings (SSSR count). The van der Waals surface area contributed by atoms with Gasteiger partial charge < -0.3 is 45.1 Å². The maximum atomic E-state index is 13.1. The van der Waals surface area contributed by atoms with E-state index in [4.69, 9.17) is 14.2 Å². The number of hydrogen-bond donors (Lipinski definition) is 6. The van der Waals surface area contributed by atoms with Crippen LogP contribution in [0.4, 0.5) is 0 Å². The summed E-state index contributed by atoms with van der Waals surface area (Å²) in [6, 6.07) is -0.833. The SMILES string of the molecule is CCCCCC/C=C/CC/C=C/CC/C=C/C(O)C(COC1OC(CO)C(O)C(O)C1O)NC(=O)CCCCCCCCCCCCCCCCCCC/C=C\CCCCCCCCCCCCCCOC(=O)CCCCCCCCCCCCC. The van der Waals surface area contributed by atoms with Gasteiger partial charge >= 0.3 is 5.97 Å². The fourth-order valence-corrected chi connectivity index (χ4v) is 11.6. The molecule has 1 heterocycles. The number of esters is 1. The monoisotopic (exact) mass is 1210 g/mol. The molecule has 0 spiro atoms. The summed E-state index contributed by atoms with van der Waals surface area (Å²) in [6.45, 7) is 4.33. The van der Waals surface area contributed by atoms with Crippen LogP contribution in [0.3, 0.4) is 0 Å². The van der Waals surface area contributed by atoms with Crippen molar-refractivity contribution in [3.05, 3.63) is 48.6 Å². The highest BCUT2D eigenvalue weighted by Gasteiger charge is 2.44. The van der Waals surface area contributed by atoms with E-state index in [0.29, 0.717) is 19.4 Å². The molecule has 0 aromatic carbocycles. The molecule has 504 valence electrons. The predicted molar refractivity (Wildman–Crippen MR) is 361 cm³/mol. The van der Waals surface area contributed by atoms with Gasteiger partial charge in [-0.1, -0.05) is 306 Å². The molecule has 1 saturated heterocycles. The zero-order valence-electron chi connectivity index (χ0n) is 56.0.